The van der Waals surface area contributed by atoms with Crippen LogP contribution in [-0.4, -0.2) is 42.1 Å². The molecule has 1 aromatic heterocycles. The van der Waals surface area contributed by atoms with Crippen LogP contribution in [0.4, 0.5) is 14.5 Å². The molecule has 0 spiro atoms. The van der Waals surface area contributed by atoms with Gasteiger partial charge in [-0.2, -0.15) is 0 Å². The summed E-state index contributed by atoms with van der Waals surface area (Å²) in [4.78, 5) is 41.5. The maximum Gasteiger partial charge on any atom is 0.251 e. The van der Waals surface area contributed by atoms with Crippen molar-refractivity contribution in [1.82, 2.24) is 15.2 Å². The third-order valence-corrected chi connectivity index (χ3v) is 7.81. The first-order valence-electron chi connectivity index (χ1n) is 13.0. The molecular weight excluding hydrogens is 478 g/mol. The summed E-state index contributed by atoms with van der Waals surface area (Å²) in [6, 6.07) is 3.63. The van der Waals surface area contributed by atoms with Crippen LogP contribution in [0.3, 0.4) is 0 Å². The normalized spacial score (nSPS) is 18.8. The van der Waals surface area contributed by atoms with E-state index in [0.717, 1.165) is 49.8 Å². The lowest BCUT2D eigenvalue weighted by Gasteiger charge is -2.34. The maximum atomic E-state index is 14.3. The molecule has 37 heavy (non-hydrogen) atoms. The van der Waals surface area contributed by atoms with E-state index < -0.39 is 29.1 Å². The molecule has 4 rings (SSSR count). The SMILES string of the molecule is CN[C@@H](C)C(=O)N[C@H](C(=O)N1CC(C)(C)c2cc(=O)n(Cc3ccc(F)cc3F)cc21)C1CCCCC1. The fourth-order valence-corrected chi connectivity index (χ4v) is 5.46. The van der Waals surface area contributed by atoms with E-state index in [1.165, 1.54) is 16.7 Å². The molecule has 200 valence electrons. The number of amides is 2. The van der Waals surface area contributed by atoms with Gasteiger partial charge < -0.3 is 20.1 Å². The van der Waals surface area contributed by atoms with Crippen LogP contribution in [0.15, 0.2) is 35.3 Å². The Hall–Kier alpha value is -3.07. The van der Waals surface area contributed by atoms with E-state index in [4.69, 9.17) is 0 Å². The molecule has 0 bridgehead atoms. The Morgan fingerprint density at radius 2 is 1.84 bits per heavy atom. The van der Waals surface area contributed by atoms with Gasteiger partial charge in [-0.05, 0) is 44.4 Å². The number of halogens is 2. The molecule has 9 heteroatoms. The van der Waals surface area contributed by atoms with Gasteiger partial charge in [0, 0.05) is 35.9 Å². The second-order valence-electron chi connectivity index (χ2n) is 11.0. The van der Waals surface area contributed by atoms with E-state index in [9.17, 15) is 23.2 Å². The predicted octanol–water partition coefficient (Wildman–Crippen LogP) is 3.47. The number of pyridine rings is 1. The molecule has 2 heterocycles. The highest BCUT2D eigenvalue weighted by atomic mass is 19.1. The van der Waals surface area contributed by atoms with E-state index in [1.54, 1.807) is 25.1 Å². The van der Waals surface area contributed by atoms with Gasteiger partial charge in [0.05, 0.1) is 18.3 Å². The average molecular weight is 515 g/mol. The highest BCUT2D eigenvalue weighted by Crippen LogP contribution is 2.41. The van der Waals surface area contributed by atoms with E-state index in [0.29, 0.717) is 12.2 Å². The molecule has 1 aliphatic heterocycles. The number of hydrogen-bond donors (Lipinski definition) is 2. The summed E-state index contributed by atoms with van der Waals surface area (Å²) >= 11 is 0. The van der Waals surface area contributed by atoms with Gasteiger partial charge in [-0.25, -0.2) is 8.78 Å². The molecule has 2 amide bonds. The van der Waals surface area contributed by atoms with Crippen LogP contribution in [-0.2, 0) is 21.5 Å². The molecule has 7 nitrogen and oxygen atoms in total. The second kappa shape index (κ2) is 10.7. The van der Waals surface area contributed by atoms with Crippen LogP contribution in [0, 0.1) is 17.6 Å². The monoisotopic (exact) mass is 514 g/mol. The minimum Gasteiger partial charge on any atom is -0.343 e. The molecular formula is C28H36F2N4O3. The van der Waals surface area contributed by atoms with Gasteiger partial charge in [-0.15, -0.1) is 0 Å². The molecule has 2 aromatic rings. The summed E-state index contributed by atoms with van der Waals surface area (Å²) in [6.45, 7) is 5.96. The molecule has 2 N–H and O–H groups in total. The Kier molecular flexibility index (Phi) is 7.83. The van der Waals surface area contributed by atoms with Crippen molar-refractivity contribution in [3.05, 3.63) is 63.6 Å². The van der Waals surface area contributed by atoms with E-state index in [2.05, 4.69) is 10.6 Å². The van der Waals surface area contributed by atoms with Crippen molar-refractivity contribution >= 4 is 17.5 Å². The average Bonchev–Trinajstić information content (AvgIpc) is 3.13. The van der Waals surface area contributed by atoms with Crippen LogP contribution in [0.5, 0.6) is 0 Å². The highest BCUT2D eigenvalue weighted by molar-refractivity contribution is 6.01. The van der Waals surface area contributed by atoms with Crippen molar-refractivity contribution in [1.29, 1.82) is 0 Å². The fourth-order valence-electron chi connectivity index (χ4n) is 5.46. The van der Waals surface area contributed by atoms with Crippen molar-refractivity contribution in [3.63, 3.8) is 0 Å². The summed E-state index contributed by atoms with van der Waals surface area (Å²) in [7, 11) is 1.70. The summed E-state index contributed by atoms with van der Waals surface area (Å²) < 4.78 is 29.1. The number of hydrogen-bond acceptors (Lipinski definition) is 4. The first-order valence-corrected chi connectivity index (χ1v) is 13.0. The van der Waals surface area contributed by atoms with Crippen LogP contribution in [0.25, 0.3) is 0 Å². The number of rotatable bonds is 7. The quantitative estimate of drug-likeness (QED) is 0.593. The van der Waals surface area contributed by atoms with Crippen LogP contribution in [0.2, 0.25) is 0 Å². The van der Waals surface area contributed by atoms with Gasteiger partial charge in [-0.1, -0.05) is 39.2 Å². The van der Waals surface area contributed by atoms with Crippen molar-refractivity contribution in [2.45, 2.75) is 76.9 Å². The zero-order valence-corrected chi connectivity index (χ0v) is 21.9. The standard InChI is InChI=1S/C28H36F2N4O3/c1-17(31-4)26(36)32-25(18-8-6-5-7-9-18)27(37)34-16-28(2,3)21-13-24(35)33(15-23(21)34)14-19-10-11-20(29)12-22(19)30/h10-13,15,17-18,25,31H,5-9,14,16H2,1-4H3,(H,32,36)/t17-,25-/m0/s1. The Morgan fingerprint density at radius 1 is 1.14 bits per heavy atom. The Bertz CT molecular complexity index is 1240. The Balaban J connectivity index is 1.70. The van der Waals surface area contributed by atoms with Gasteiger partial charge >= 0.3 is 0 Å². The van der Waals surface area contributed by atoms with Crippen molar-refractivity contribution in [2.75, 3.05) is 18.5 Å². The summed E-state index contributed by atoms with van der Waals surface area (Å²) in [5.41, 5.74) is 0.675. The number of carbonyl (C=O) groups is 2. The summed E-state index contributed by atoms with van der Waals surface area (Å²) in [5.74, 6) is -1.83. The lowest BCUT2D eigenvalue weighted by atomic mass is 9.83. The van der Waals surface area contributed by atoms with Gasteiger partial charge in [0.25, 0.3) is 5.56 Å². The molecule has 2 atom stereocenters. The number of carbonyl (C=O) groups excluding carboxylic acids is 2. The van der Waals surface area contributed by atoms with E-state index >= 15 is 0 Å². The van der Waals surface area contributed by atoms with Crippen LogP contribution >= 0.6 is 0 Å². The van der Waals surface area contributed by atoms with E-state index in [1.807, 2.05) is 13.8 Å². The second-order valence-corrected chi connectivity index (χ2v) is 11.0. The molecule has 0 unspecified atom stereocenters. The molecule has 1 aromatic carbocycles. The van der Waals surface area contributed by atoms with Gasteiger partial charge in [-0.3, -0.25) is 14.4 Å². The number of likely N-dealkylation sites (N-methyl/N-ethyl adjacent to an activating group) is 1. The van der Waals surface area contributed by atoms with Crippen LogP contribution in [0.1, 0.15) is 64.0 Å². The summed E-state index contributed by atoms with van der Waals surface area (Å²) in [5, 5.41) is 5.93. The van der Waals surface area contributed by atoms with Crippen molar-refractivity contribution in [3.8, 4) is 0 Å². The number of nitrogens with one attached hydrogen (secondary N) is 2. The zero-order chi connectivity index (χ0) is 26.9. The predicted molar refractivity (Wildman–Crippen MR) is 139 cm³/mol. The lowest BCUT2D eigenvalue weighted by Crippen LogP contribution is -2.56. The van der Waals surface area contributed by atoms with Crippen molar-refractivity contribution in [2.24, 2.45) is 5.92 Å². The first-order chi connectivity index (χ1) is 17.5. The molecule has 1 aliphatic carbocycles. The van der Waals surface area contributed by atoms with E-state index in [-0.39, 0.29) is 35.4 Å². The molecule has 1 fully saturated rings. The minimum absolute atomic E-state index is 0.0284. The zero-order valence-electron chi connectivity index (χ0n) is 21.9. The number of aromatic nitrogens is 1. The Labute approximate surface area is 216 Å². The fraction of sp³-hybridized carbons (Fsp3) is 0.536. The molecule has 0 radical (unpaired) electrons. The molecule has 0 saturated heterocycles. The third kappa shape index (κ3) is 5.61. The largest absolute Gasteiger partial charge is 0.343 e. The number of fused-ring (bicyclic) bond motifs is 1. The molecule has 2 aliphatic rings. The maximum absolute atomic E-state index is 14.3. The Morgan fingerprint density at radius 3 is 2.49 bits per heavy atom. The minimum atomic E-state index is -0.737. The van der Waals surface area contributed by atoms with Crippen LogP contribution < -0.4 is 21.1 Å². The molecule has 1 saturated carbocycles. The lowest BCUT2D eigenvalue weighted by molar-refractivity contribution is -0.130. The highest BCUT2D eigenvalue weighted by Gasteiger charge is 2.43. The number of anilines is 1. The van der Waals surface area contributed by atoms with Gasteiger partial charge in [0.15, 0.2) is 0 Å². The third-order valence-electron chi connectivity index (χ3n) is 7.81. The smallest absolute Gasteiger partial charge is 0.251 e. The topological polar surface area (TPSA) is 83.4 Å². The van der Waals surface area contributed by atoms with Crippen molar-refractivity contribution < 1.29 is 18.4 Å². The van der Waals surface area contributed by atoms with Gasteiger partial charge in [0.1, 0.15) is 17.7 Å². The first kappa shape index (κ1) is 27.0. The number of nitrogens with zero attached hydrogens (tertiary/aromatic N) is 2. The number of benzene rings is 1. The van der Waals surface area contributed by atoms with Gasteiger partial charge in [0.2, 0.25) is 11.8 Å². The summed E-state index contributed by atoms with van der Waals surface area (Å²) in [6.07, 6.45) is 6.44.